The Hall–Kier alpha value is -2.43. The number of aryl methyl sites for hydroxylation is 2. The Morgan fingerprint density at radius 3 is 2.25 bits per heavy atom. The number of hydrogen-bond acceptors (Lipinski definition) is 4. The summed E-state index contributed by atoms with van der Waals surface area (Å²) in [6.07, 6.45) is 0. The summed E-state index contributed by atoms with van der Waals surface area (Å²) in [5.74, 6) is -1.54. The highest BCUT2D eigenvalue weighted by Gasteiger charge is 2.25. The van der Waals surface area contributed by atoms with Gasteiger partial charge in [-0.25, -0.2) is 9.48 Å². The van der Waals surface area contributed by atoms with Crippen molar-refractivity contribution in [1.29, 1.82) is 0 Å². The van der Waals surface area contributed by atoms with Crippen LogP contribution >= 0.6 is 0 Å². The third-order valence-corrected chi connectivity index (χ3v) is 3.17. The lowest BCUT2D eigenvalue weighted by Crippen LogP contribution is -2.17. The van der Waals surface area contributed by atoms with E-state index in [1.807, 2.05) is 31.2 Å². The number of nitrogens with zero attached hydrogens (tertiary/aromatic N) is 2. The Morgan fingerprint density at radius 1 is 1.10 bits per heavy atom. The van der Waals surface area contributed by atoms with Gasteiger partial charge in [-0.05, 0) is 32.9 Å². The van der Waals surface area contributed by atoms with Gasteiger partial charge in [0.05, 0.1) is 29.7 Å². The minimum Gasteiger partial charge on any atom is -0.463 e. The average molecular weight is 272 g/mol. The molecule has 1 heterocycles. The molecule has 0 atom stereocenters. The van der Waals surface area contributed by atoms with Crippen LogP contribution < -0.4 is 0 Å². The number of carbonyl (C=O) groups excluding carboxylic acids is 2. The summed E-state index contributed by atoms with van der Waals surface area (Å²) in [6, 6.07) is 7.77. The summed E-state index contributed by atoms with van der Waals surface area (Å²) in [7, 11) is 1.19. The second-order valence-electron chi connectivity index (χ2n) is 4.61. The number of rotatable bonds is 3. The maximum Gasteiger partial charge on any atom is 0.379 e. The number of aromatic nitrogens is 2. The molecule has 0 radical (unpaired) electrons. The van der Waals surface area contributed by atoms with Crippen molar-refractivity contribution in [3.8, 4) is 5.69 Å². The third-order valence-electron chi connectivity index (χ3n) is 3.17. The Kier molecular flexibility index (Phi) is 3.70. The van der Waals surface area contributed by atoms with Gasteiger partial charge in [0.15, 0.2) is 0 Å². The Labute approximate surface area is 117 Å². The standard InChI is InChI=1S/C15H16N2O3/c1-9-5-7-12(8-6-9)17-11(3)13(10(2)16-17)14(18)15(19)20-4/h5-8H,1-4H3. The first-order valence-corrected chi connectivity index (χ1v) is 6.21. The monoisotopic (exact) mass is 272 g/mol. The molecule has 0 saturated carbocycles. The normalized spacial score (nSPS) is 10.4. The maximum absolute atomic E-state index is 12.0. The molecule has 0 fully saturated rings. The van der Waals surface area contributed by atoms with E-state index in [2.05, 4.69) is 9.84 Å². The zero-order valence-corrected chi connectivity index (χ0v) is 11.9. The second kappa shape index (κ2) is 5.28. The predicted octanol–water partition coefficient (Wildman–Crippen LogP) is 2.15. The molecule has 1 aromatic heterocycles. The van der Waals surface area contributed by atoms with Crippen molar-refractivity contribution in [3.63, 3.8) is 0 Å². The molecule has 0 aliphatic rings. The Morgan fingerprint density at radius 2 is 1.70 bits per heavy atom. The molecule has 2 aromatic rings. The van der Waals surface area contributed by atoms with Crippen molar-refractivity contribution in [2.45, 2.75) is 20.8 Å². The summed E-state index contributed by atoms with van der Waals surface area (Å²) >= 11 is 0. The van der Waals surface area contributed by atoms with Crippen LogP contribution in [0, 0.1) is 20.8 Å². The van der Waals surface area contributed by atoms with Gasteiger partial charge in [0.25, 0.3) is 5.78 Å². The van der Waals surface area contributed by atoms with Crippen LogP contribution in [-0.2, 0) is 9.53 Å². The SMILES string of the molecule is COC(=O)C(=O)c1c(C)nn(-c2ccc(C)cc2)c1C. The van der Waals surface area contributed by atoms with Gasteiger partial charge in [0.1, 0.15) is 0 Å². The lowest BCUT2D eigenvalue weighted by molar-refractivity contribution is -0.135. The number of methoxy groups -OCH3 is 1. The summed E-state index contributed by atoms with van der Waals surface area (Å²) in [6.45, 7) is 5.46. The molecule has 5 nitrogen and oxygen atoms in total. The smallest absolute Gasteiger partial charge is 0.379 e. The van der Waals surface area contributed by atoms with E-state index in [-0.39, 0.29) is 0 Å². The lowest BCUT2D eigenvalue weighted by atomic mass is 10.1. The Balaban J connectivity index is 2.51. The van der Waals surface area contributed by atoms with Gasteiger partial charge in [-0.2, -0.15) is 5.10 Å². The minimum absolute atomic E-state index is 0.303. The molecule has 0 unspecified atom stereocenters. The number of Topliss-reactive ketones (excluding diaryl/α,β-unsaturated/α-hetero) is 1. The molecule has 2 rings (SSSR count). The van der Waals surface area contributed by atoms with Crippen molar-refractivity contribution in [3.05, 3.63) is 46.8 Å². The zero-order valence-electron chi connectivity index (χ0n) is 11.9. The molecule has 0 bridgehead atoms. The number of carbonyl (C=O) groups is 2. The van der Waals surface area contributed by atoms with Gasteiger partial charge in [-0.1, -0.05) is 17.7 Å². The van der Waals surface area contributed by atoms with Gasteiger partial charge in [-0.3, -0.25) is 4.79 Å². The number of hydrogen-bond donors (Lipinski definition) is 0. The summed E-state index contributed by atoms with van der Waals surface area (Å²) in [5, 5.41) is 4.34. The maximum atomic E-state index is 12.0. The van der Waals surface area contributed by atoms with Crippen molar-refractivity contribution in [1.82, 2.24) is 9.78 Å². The van der Waals surface area contributed by atoms with Crippen molar-refractivity contribution in [2.75, 3.05) is 7.11 Å². The fraction of sp³-hybridized carbons (Fsp3) is 0.267. The number of ketones is 1. The van der Waals surface area contributed by atoms with E-state index >= 15 is 0 Å². The summed E-state index contributed by atoms with van der Waals surface area (Å²) in [5.41, 5.74) is 3.43. The fourth-order valence-electron chi connectivity index (χ4n) is 2.10. The highest BCUT2D eigenvalue weighted by atomic mass is 16.5. The molecule has 104 valence electrons. The molecule has 1 aromatic carbocycles. The van der Waals surface area contributed by atoms with Gasteiger partial charge in [0.2, 0.25) is 0 Å². The molecular weight excluding hydrogens is 256 g/mol. The number of benzene rings is 1. The lowest BCUT2D eigenvalue weighted by Gasteiger charge is -2.05. The quantitative estimate of drug-likeness (QED) is 0.488. The summed E-state index contributed by atoms with van der Waals surface area (Å²) < 4.78 is 6.14. The first-order chi connectivity index (χ1) is 9.45. The van der Waals surface area contributed by atoms with E-state index in [1.54, 1.807) is 18.5 Å². The second-order valence-corrected chi connectivity index (χ2v) is 4.61. The molecule has 0 saturated heterocycles. The molecule has 0 aliphatic carbocycles. The van der Waals surface area contributed by atoms with E-state index in [0.29, 0.717) is 17.0 Å². The number of ether oxygens (including phenoxy) is 1. The van der Waals surface area contributed by atoms with Crippen molar-refractivity contribution < 1.29 is 14.3 Å². The molecule has 0 aliphatic heterocycles. The van der Waals surface area contributed by atoms with Gasteiger partial charge >= 0.3 is 5.97 Å². The van der Waals surface area contributed by atoms with Gasteiger partial charge in [0, 0.05) is 0 Å². The third kappa shape index (κ3) is 2.34. The van der Waals surface area contributed by atoms with E-state index in [9.17, 15) is 9.59 Å². The Bertz CT molecular complexity index is 669. The minimum atomic E-state index is -0.875. The fourth-order valence-corrected chi connectivity index (χ4v) is 2.10. The molecule has 0 amide bonds. The molecular formula is C15H16N2O3. The highest BCUT2D eigenvalue weighted by molar-refractivity contribution is 6.41. The average Bonchev–Trinajstić information content (AvgIpc) is 2.73. The molecule has 5 heteroatoms. The van der Waals surface area contributed by atoms with Crippen molar-refractivity contribution in [2.24, 2.45) is 0 Å². The molecule has 20 heavy (non-hydrogen) atoms. The van der Waals surface area contributed by atoms with E-state index < -0.39 is 11.8 Å². The van der Waals surface area contributed by atoms with Gasteiger partial charge in [-0.15, -0.1) is 0 Å². The van der Waals surface area contributed by atoms with Gasteiger partial charge < -0.3 is 4.74 Å². The van der Waals surface area contributed by atoms with E-state index in [0.717, 1.165) is 11.3 Å². The topological polar surface area (TPSA) is 61.2 Å². The summed E-state index contributed by atoms with van der Waals surface area (Å²) in [4.78, 5) is 23.4. The van der Waals surface area contributed by atoms with Crippen LogP contribution in [0.3, 0.4) is 0 Å². The predicted molar refractivity (Wildman–Crippen MR) is 74.1 cm³/mol. The van der Waals surface area contributed by atoms with Crippen molar-refractivity contribution >= 4 is 11.8 Å². The first kappa shape index (κ1) is 14.0. The van der Waals surface area contributed by atoms with E-state index in [4.69, 9.17) is 0 Å². The van der Waals surface area contributed by atoms with Crippen LogP contribution in [0.4, 0.5) is 0 Å². The zero-order chi connectivity index (χ0) is 14.9. The molecule has 0 N–H and O–H groups in total. The largest absolute Gasteiger partial charge is 0.463 e. The van der Waals surface area contributed by atoms with Crippen LogP contribution in [0.15, 0.2) is 24.3 Å². The molecule has 0 spiro atoms. The van der Waals surface area contributed by atoms with Crippen LogP contribution in [0.5, 0.6) is 0 Å². The van der Waals surface area contributed by atoms with Crippen LogP contribution in [0.2, 0.25) is 0 Å². The van der Waals surface area contributed by atoms with Crippen LogP contribution in [-0.4, -0.2) is 28.6 Å². The number of esters is 1. The highest BCUT2D eigenvalue weighted by Crippen LogP contribution is 2.19. The first-order valence-electron chi connectivity index (χ1n) is 6.21. The van der Waals surface area contributed by atoms with E-state index in [1.165, 1.54) is 7.11 Å². The van der Waals surface area contributed by atoms with Crippen LogP contribution in [0.25, 0.3) is 5.69 Å². The van der Waals surface area contributed by atoms with Crippen LogP contribution in [0.1, 0.15) is 27.3 Å².